The van der Waals surface area contributed by atoms with Crippen molar-refractivity contribution in [3.63, 3.8) is 0 Å². The number of nitrogens with zero attached hydrogens (tertiary/aromatic N) is 1. The second-order valence-corrected chi connectivity index (χ2v) is 3.51. The van der Waals surface area contributed by atoms with Gasteiger partial charge in [-0.25, -0.2) is 4.79 Å². The van der Waals surface area contributed by atoms with Crippen LogP contribution in [-0.4, -0.2) is 21.2 Å². The van der Waals surface area contributed by atoms with Crippen LogP contribution in [0.3, 0.4) is 0 Å². The monoisotopic (exact) mass is 195 g/mol. The predicted octanol–water partition coefficient (Wildman–Crippen LogP) is 1.70. The van der Waals surface area contributed by atoms with E-state index in [1.165, 1.54) is 6.20 Å². The molecule has 0 aliphatic carbocycles. The zero-order valence-corrected chi connectivity index (χ0v) is 7.21. The van der Waals surface area contributed by atoms with Crippen LogP contribution in [0.4, 0.5) is 0 Å². The van der Waals surface area contributed by atoms with E-state index in [9.17, 15) is 9.90 Å². The Labute approximate surface area is 77.1 Å². The van der Waals surface area contributed by atoms with Gasteiger partial charge in [0.2, 0.25) is 0 Å². The minimum Gasteiger partial charge on any atom is -0.505 e. The van der Waals surface area contributed by atoms with Crippen molar-refractivity contribution in [3.05, 3.63) is 23.3 Å². The molecule has 13 heavy (non-hydrogen) atoms. The standard InChI is InChI=1S/C8H5NO3S/c10-6-4-3-9-2-1-5(4)13-7(6)8(11)12/h1-3,10H,(H,11,12). The van der Waals surface area contributed by atoms with Crippen LogP contribution in [0.5, 0.6) is 5.75 Å². The van der Waals surface area contributed by atoms with Crippen molar-refractivity contribution in [2.24, 2.45) is 0 Å². The third-order valence-electron chi connectivity index (χ3n) is 1.66. The minimum absolute atomic E-state index is 0.0389. The molecule has 0 atom stereocenters. The highest BCUT2D eigenvalue weighted by Gasteiger charge is 2.16. The van der Waals surface area contributed by atoms with Gasteiger partial charge >= 0.3 is 5.97 Å². The van der Waals surface area contributed by atoms with Crippen molar-refractivity contribution in [1.82, 2.24) is 4.98 Å². The highest BCUT2D eigenvalue weighted by molar-refractivity contribution is 7.21. The summed E-state index contributed by atoms with van der Waals surface area (Å²) in [6.07, 6.45) is 3.01. The summed E-state index contributed by atoms with van der Waals surface area (Å²) in [5, 5.41) is 18.6. The first-order valence-electron chi connectivity index (χ1n) is 3.49. The van der Waals surface area contributed by atoms with Crippen LogP contribution in [0.1, 0.15) is 9.67 Å². The molecular formula is C8H5NO3S. The zero-order valence-electron chi connectivity index (χ0n) is 6.39. The molecule has 0 fully saturated rings. The van der Waals surface area contributed by atoms with Gasteiger partial charge in [0.1, 0.15) is 5.75 Å². The Balaban J connectivity index is 2.81. The molecule has 2 N–H and O–H groups in total. The fraction of sp³-hybridized carbons (Fsp3) is 0. The zero-order chi connectivity index (χ0) is 9.42. The van der Waals surface area contributed by atoms with Crippen molar-refractivity contribution in [1.29, 1.82) is 0 Å². The topological polar surface area (TPSA) is 70.4 Å². The summed E-state index contributed by atoms with van der Waals surface area (Å²) in [5.41, 5.74) is 0. The normalized spacial score (nSPS) is 10.5. The highest BCUT2D eigenvalue weighted by Crippen LogP contribution is 2.35. The molecule has 2 rings (SSSR count). The van der Waals surface area contributed by atoms with Crippen molar-refractivity contribution in [3.8, 4) is 5.75 Å². The quantitative estimate of drug-likeness (QED) is 0.726. The van der Waals surface area contributed by atoms with E-state index in [-0.39, 0.29) is 10.6 Å². The predicted molar refractivity (Wildman–Crippen MR) is 48.2 cm³/mol. The van der Waals surface area contributed by atoms with Gasteiger partial charge in [0.05, 0.1) is 5.39 Å². The van der Waals surface area contributed by atoms with E-state index in [1.807, 2.05) is 0 Å². The van der Waals surface area contributed by atoms with E-state index in [4.69, 9.17) is 5.11 Å². The van der Waals surface area contributed by atoms with Gasteiger partial charge in [0.15, 0.2) is 4.88 Å². The number of hydrogen-bond donors (Lipinski definition) is 2. The second kappa shape index (κ2) is 2.70. The van der Waals surface area contributed by atoms with Crippen molar-refractivity contribution in [2.75, 3.05) is 0 Å². The SMILES string of the molecule is O=C(O)c1sc2ccncc2c1O. The molecule has 4 nitrogen and oxygen atoms in total. The van der Waals surface area contributed by atoms with Gasteiger partial charge in [0, 0.05) is 17.1 Å². The van der Waals surface area contributed by atoms with Gasteiger partial charge in [-0.05, 0) is 6.07 Å². The molecule has 2 aromatic rings. The lowest BCUT2D eigenvalue weighted by Crippen LogP contribution is -1.90. The summed E-state index contributed by atoms with van der Waals surface area (Å²) in [7, 11) is 0. The maximum Gasteiger partial charge on any atom is 0.349 e. The summed E-state index contributed by atoms with van der Waals surface area (Å²) < 4.78 is 0.727. The Kier molecular flexibility index (Phi) is 1.66. The molecule has 66 valence electrons. The van der Waals surface area contributed by atoms with Crippen LogP contribution in [0, 0.1) is 0 Å². The Morgan fingerprint density at radius 1 is 1.54 bits per heavy atom. The molecule has 2 aromatic heterocycles. The Bertz CT molecular complexity index is 477. The number of hydrogen-bond acceptors (Lipinski definition) is 4. The Morgan fingerprint density at radius 2 is 2.31 bits per heavy atom. The fourth-order valence-electron chi connectivity index (χ4n) is 1.07. The van der Waals surface area contributed by atoms with Crippen molar-refractivity contribution >= 4 is 27.4 Å². The number of fused-ring (bicyclic) bond motifs is 1. The minimum atomic E-state index is -1.11. The largest absolute Gasteiger partial charge is 0.505 e. The number of carbonyl (C=O) groups is 1. The first-order valence-corrected chi connectivity index (χ1v) is 4.30. The van der Waals surface area contributed by atoms with Crippen LogP contribution < -0.4 is 0 Å². The van der Waals surface area contributed by atoms with E-state index in [0.717, 1.165) is 16.0 Å². The first kappa shape index (κ1) is 8.00. The Morgan fingerprint density at radius 3 is 2.92 bits per heavy atom. The lowest BCUT2D eigenvalue weighted by molar-refractivity contribution is 0.0699. The molecule has 0 saturated carbocycles. The molecule has 0 bridgehead atoms. The first-order chi connectivity index (χ1) is 6.20. The number of pyridine rings is 1. The number of aromatic nitrogens is 1. The summed E-state index contributed by atoms with van der Waals surface area (Å²) in [5.74, 6) is -1.31. The van der Waals surface area contributed by atoms with Crippen LogP contribution in [-0.2, 0) is 0 Å². The molecule has 0 aromatic carbocycles. The highest BCUT2D eigenvalue weighted by atomic mass is 32.1. The summed E-state index contributed by atoms with van der Waals surface area (Å²) >= 11 is 1.04. The fourth-order valence-corrected chi connectivity index (χ4v) is 1.98. The van der Waals surface area contributed by atoms with Crippen LogP contribution in [0.2, 0.25) is 0 Å². The van der Waals surface area contributed by atoms with Gasteiger partial charge in [-0.1, -0.05) is 0 Å². The van der Waals surface area contributed by atoms with E-state index >= 15 is 0 Å². The van der Waals surface area contributed by atoms with Gasteiger partial charge in [-0.3, -0.25) is 4.98 Å². The lowest BCUT2D eigenvalue weighted by atomic mass is 10.3. The summed E-state index contributed by atoms with van der Waals surface area (Å²) in [4.78, 5) is 14.4. The number of carboxylic acids is 1. The third-order valence-corrected chi connectivity index (χ3v) is 2.81. The molecule has 5 heteroatoms. The number of rotatable bonds is 1. The molecule has 0 saturated heterocycles. The molecule has 0 amide bonds. The molecule has 0 spiro atoms. The van der Waals surface area contributed by atoms with E-state index in [2.05, 4.69) is 4.98 Å². The number of thiophene rings is 1. The third kappa shape index (κ3) is 1.13. The van der Waals surface area contributed by atoms with Crippen molar-refractivity contribution in [2.45, 2.75) is 0 Å². The smallest absolute Gasteiger partial charge is 0.349 e. The van der Waals surface area contributed by atoms with Crippen LogP contribution >= 0.6 is 11.3 Å². The molecule has 2 heterocycles. The summed E-state index contributed by atoms with van der Waals surface area (Å²) in [6.45, 7) is 0. The van der Waals surface area contributed by atoms with Gasteiger partial charge < -0.3 is 10.2 Å². The van der Waals surface area contributed by atoms with Gasteiger partial charge in [-0.2, -0.15) is 0 Å². The summed E-state index contributed by atoms with van der Waals surface area (Å²) in [6, 6.07) is 1.67. The average molecular weight is 195 g/mol. The molecule has 0 aliphatic heterocycles. The molecule has 0 radical (unpaired) electrons. The molecule has 0 unspecified atom stereocenters. The average Bonchev–Trinajstić information content (AvgIpc) is 2.45. The van der Waals surface area contributed by atoms with E-state index in [0.29, 0.717) is 5.39 Å². The van der Waals surface area contributed by atoms with Crippen molar-refractivity contribution < 1.29 is 15.0 Å². The van der Waals surface area contributed by atoms with E-state index < -0.39 is 5.97 Å². The lowest BCUT2D eigenvalue weighted by Gasteiger charge is -1.88. The second-order valence-electron chi connectivity index (χ2n) is 2.46. The maximum atomic E-state index is 10.6. The number of aromatic carboxylic acids is 1. The van der Waals surface area contributed by atoms with E-state index in [1.54, 1.807) is 12.3 Å². The van der Waals surface area contributed by atoms with Crippen LogP contribution in [0.25, 0.3) is 10.1 Å². The van der Waals surface area contributed by atoms with Gasteiger partial charge in [0.25, 0.3) is 0 Å². The molecular weight excluding hydrogens is 190 g/mol. The number of aromatic hydroxyl groups is 1. The Hall–Kier alpha value is -1.62. The van der Waals surface area contributed by atoms with Crippen LogP contribution in [0.15, 0.2) is 18.5 Å². The maximum absolute atomic E-state index is 10.6. The van der Waals surface area contributed by atoms with Gasteiger partial charge in [-0.15, -0.1) is 11.3 Å². The number of carboxylic acid groups (broad SMARTS) is 1. The molecule has 0 aliphatic rings.